The molecule has 0 aliphatic heterocycles. The molecule has 3 N–H and O–H groups in total. The number of thiophene rings is 1. The Morgan fingerprint density at radius 1 is 1.29 bits per heavy atom. The maximum absolute atomic E-state index is 12.4. The zero-order valence-corrected chi connectivity index (χ0v) is 14.4. The van der Waals surface area contributed by atoms with E-state index in [0.29, 0.717) is 17.1 Å². The van der Waals surface area contributed by atoms with Crippen LogP contribution in [-0.2, 0) is 6.42 Å². The highest BCUT2D eigenvalue weighted by atomic mass is 32.1. The number of pyridine rings is 1. The third-order valence-electron chi connectivity index (χ3n) is 3.89. The first-order chi connectivity index (χ1) is 11.6. The zero-order chi connectivity index (χ0) is 17.1. The molecular weight excluding hydrogens is 322 g/mol. The molecule has 24 heavy (non-hydrogen) atoms. The number of anilines is 1. The molecule has 0 saturated heterocycles. The number of benzene rings is 1. The van der Waals surface area contributed by atoms with E-state index in [-0.39, 0.29) is 5.91 Å². The second kappa shape index (κ2) is 6.88. The van der Waals surface area contributed by atoms with Gasteiger partial charge in [-0.1, -0.05) is 12.1 Å². The van der Waals surface area contributed by atoms with Crippen molar-refractivity contribution in [3.63, 3.8) is 0 Å². The fourth-order valence-electron chi connectivity index (χ4n) is 2.60. The van der Waals surface area contributed by atoms with Crippen LogP contribution in [0.25, 0.3) is 10.1 Å². The Bertz CT molecular complexity index is 872. The Balaban J connectivity index is 1.67. The molecule has 0 bridgehead atoms. The minimum absolute atomic E-state index is 0.137. The highest BCUT2D eigenvalue weighted by Gasteiger charge is 2.17. The van der Waals surface area contributed by atoms with Gasteiger partial charge in [0.05, 0.1) is 17.5 Å². The van der Waals surface area contributed by atoms with Gasteiger partial charge in [0.15, 0.2) is 0 Å². The maximum Gasteiger partial charge on any atom is 0.263 e. The number of rotatable bonds is 5. The van der Waals surface area contributed by atoms with E-state index in [1.807, 2.05) is 31.2 Å². The smallest absolute Gasteiger partial charge is 0.263 e. The lowest BCUT2D eigenvalue weighted by Gasteiger charge is -2.06. The lowest BCUT2D eigenvalue weighted by atomic mass is 10.1. The van der Waals surface area contributed by atoms with E-state index >= 15 is 0 Å². The van der Waals surface area contributed by atoms with Crippen LogP contribution in [0.4, 0.5) is 5.69 Å². The Morgan fingerprint density at radius 3 is 2.71 bits per heavy atom. The number of aryl methyl sites for hydroxylation is 1. The number of hydrogen-bond donors (Lipinski definition) is 2. The molecule has 0 spiro atoms. The van der Waals surface area contributed by atoms with Gasteiger partial charge in [-0.25, -0.2) is 0 Å². The van der Waals surface area contributed by atoms with Crippen molar-refractivity contribution in [2.24, 2.45) is 0 Å². The molecule has 0 saturated carbocycles. The van der Waals surface area contributed by atoms with Crippen LogP contribution in [0.5, 0.6) is 5.75 Å². The van der Waals surface area contributed by atoms with E-state index in [0.717, 1.165) is 33.4 Å². The van der Waals surface area contributed by atoms with Crippen molar-refractivity contribution in [1.82, 2.24) is 10.3 Å². The van der Waals surface area contributed by atoms with Gasteiger partial charge in [0.2, 0.25) is 0 Å². The number of ether oxygens (including phenoxy) is 1. The number of carbonyl (C=O) groups excluding carboxylic acids is 1. The summed E-state index contributed by atoms with van der Waals surface area (Å²) in [5, 5.41) is 3.86. The SMILES string of the molecule is COc1ccc(CCNC(=O)c2sc3cncc(C)c3c2N)cc1. The number of nitrogens with one attached hydrogen (secondary N) is 1. The molecule has 0 atom stereocenters. The lowest BCUT2D eigenvalue weighted by Crippen LogP contribution is -2.25. The van der Waals surface area contributed by atoms with Crippen molar-refractivity contribution in [3.05, 3.63) is 52.7 Å². The van der Waals surface area contributed by atoms with Gasteiger partial charge in [-0.15, -0.1) is 11.3 Å². The minimum Gasteiger partial charge on any atom is -0.497 e. The zero-order valence-electron chi connectivity index (χ0n) is 13.6. The first-order valence-corrected chi connectivity index (χ1v) is 8.45. The van der Waals surface area contributed by atoms with E-state index < -0.39 is 0 Å². The van der Waals surface area contributed by atoms with Gasteiger partial charge in [-0.2, -0.15) is 0 Å². The predicted octanol–water partition coefficient (Wildman–Crippen LogP) is 3.17. The summed E-state index contributed by atoms with van der Waals surface area (Å²) in [5.74, 6) is 0.687. The molecule has 0 aliphatic rings. The van der Waals surface area contributed by atoms with E-state index in [4.69, 9.17) is 10.5 Å². The van der Waals surface area contributed by atoms with E-state index in [2.05, 4.69) is 10.3 Å². The number of carbonyl (C=O) groups is 1. The van der Waals surface area contributed by atoms with Crippen LogP contribution < -0.4 is 15.8 Å². The van der Waals surface area contributed by atoms with Crippen molar-refractivity contribution in [2.75, 3.05) is 19.4 Å². The number of amides is 1. The summed E-state index contributed by atoms with van der Waals surface area (Å²) in [5.41, 5.74) is 8.83. The Labute approximate surface area is 144 Å². The summed E-state index contributed by atoms with van der Waals surface area (Å²) >= 11 is 1.38. The van der Waals surface area contributed by atoms with E-state index in [1.165, 1.54) is 11.3 Å². The second-order valence-electron chi connectivity index (χ2n) is 5.53. The molecule has 2 aromatic heterocycles. The molecule has 0 fully saturated rings. The quantitative estimate of drug-likeness (QED) is 0.747. The molecule has 6 heteroatoms. The van der Waals surface area contributed by atoms with Gasteiger partial charge < -0.3 is 15.8 Å². The molecular formula is C18H19N3O2S. The van der Waals surface area contributed by atoms with Crippen molar-refractivity contribution in [2.45, 2.75) is 13.3 Å². The predicted molar refractivity (Wildman–Crippen MR) is 97.8 cm³/mol. The van der Waals surface area contributed by atoms with Gasteiger partial charge >= 0.3 is 0 Å². The number of nitrogen functional groups attached to an aromatic ring is 1. The van der Waals surface area contributed by atoms with E-state index in [1.54, 1.807) is 19.5 Å². The average Bonchev–Trinajstić information content (AvgIpc) is 2.93. The summed E-state index contributed by atoms with van der Waals surface area (Å²) in [6.45, 7) is 2.50. The molecule has 3 aromatic rings. The molecule has 0 aliphatic carbocycles. The Kier molecular flexibility index (Phi) is 4.66. The van der Waals surface area contributed by atoms with Gasteiger partial charge in [-0.05, 0) is 36.6 Å². The van der Waals surface area contributed by atoms with Crippen molar-refractivity contribution in [1.29, 1.82) is 0 Å². The molecule has 5 nitrogen and oxygen atoms in total. The van der Waals surface area contributed by atoms with Crippen LogP contribution in [0.3, 0.4) is 0 Å². The summed E-state index contributed by atoms with van der Waals surface area (Å²) in [7, 11) is 1.64. The van der Waals surface area contributed by atoms with Crippen molar-refractivity contribution < 1.29 is 9.53 Å². The average molecular weight is 341 g/mol. The molecule has 0 unspecified atom stereocenters. The topological polar surface area (TPSA) is 77.2 Å². The summed E-state index contributed by atoms with van der Waals surface area (Å²) < 4.78 is 6.07. The van der Waals surface area contributed by atoms with E-state index in [9.17, 15) is 4.79 Å². The van der Waals surface area contributed by atoms with Crippen LogP contribution in [0, 0.1) is 6.92 Å². The summed E-state index contributed by atoms with van der Waals surface area (Å²) in [6.07, 6.45) is 4.26. The monoisotopic (exact) mass is 341 g/mol. The molecule has 1 aromatic carbocycles. The third kappa shape index (κ3) is 3.19. The summed E-state index contributed by atoms with van der Waals surface area (Å²) in [6, 6.07) is 7.81. The highest BCUT2D eigenvalue weighted by Crippen LogP contribution is 2.34. The molecule has 2 heterocycles. The lowest BCUT2D eigenvalue weighted by molar-refractivity contribution is 0.0959. The van der Waals surface area contributed by atoms with Gasteiger partial charge in [0, 0.05) is 24.3 Å². The minimum atomic E-state index is -0.137. The standard InChI is InChI=1S/C18H19N3O2S/c1-11-9-20-10-14-15(11)16(19)17(24-14)18(22)21-8-7-12-3-5-13(23-2)6-4-12/h3-6,9-10H,7-8,19H2,1-2H3,(H,21,22). The van der Waals surface area contributed by atoms with Crippen LogP contribution in [0.2, 0.25) is 0 Å². The molecule has 124 valence electrons. The van der Waals surface area contributed by atoms with Crippen molar-refractivity contribution >= 4 is 33.0 Å². The number of fused-ring (bicyclic) bond motifs is 1. The van der Waals surface area contributed by atoms with Crippen LogP contribution in [-0.4, -0.2) is 24.5 Å². The summed E-state index contributed by atoms with van der Waals surface area (Å²) in [4.78, 5) is 17.1. The number of nitrogens with zero attached hydrogens (tertiary/aromatic N) is 1. The molecule has 1 amide bonds. The fourth-order valence-corrected chi connectivity index (χ4v) is 3.69. The highest BCUT2D eigenvalue weighted by molar-refractivity contribution is 7.21. The Hall–Kier alpha value is -2.60. The van der Waals surface area contributed by atoms with Crippen LogP contribution >= 0.6 is 11.3 Å². The van der Waals surface area contributed by atoms with Gasteiger partial charge in [0.25, 0.3) is 5.91 Å². The van der Waals surface area contributed by atoms with Crippen molar-refractivity contribution in [3.8, 4) is 5.75 Å². The number of methoxy groups -OCH3 is 1. The normalized spacial score (nSPS) is 10.8. The third-order valence-corrected chi connectivity index (χ3v) is 5.03. The maximum atomic E-state index is 12.4. The van der Waals surface area contributed by atoms with Gasteiger partial charge in [-0.3, -0.25) is 9.78 Å². The largest absolute Gasteiger partial charge is 0.497 e. The first-order valence-electron chi connectivity index (χ1n) is 7.64. The van der Waals surface area contributed by atoms with Crippen LogP contribution in [0.15, 0.2) is 36.7 Å². The molecule has 3 rings (SSSR count). The van der Waals surface area contributed by atoms with Gasteiger partial charge in [0.1, 0.15) is 10.6 Å². The van der Waals surface area contributed by atoms with Crippen LogP contribution in [0.1, 0.15) is 20.8 Å². The molecule has 0 radical (unpaired) electrons. The first kappa shape index (κ1) is 16.3. The number of hydrogen-bond acceptors (Lipinski definition) is 5. The number of aromatic nitrogens is 1. The number of nitrogens with two attached hydrogens (primary N) is 1. The Morgan fingerprint density at radius 2 is 2.04 bits per heavy atom. The fraction of sp³-hybridized carbons (Fsp3) is 0.222. The second-order valence-corrected chi connectivity index (χ2v) is 6.58.